The van der Waals surface area contributed by atoms with Crippen LogP contribution in [0.5, 0.6) is 5.75 Å². The summed E-state index contributed by atoms with van der Waals surface area (Å²) in [4.78, 5) is 46.3. The number of nitrogens with zero attached hydrogens (tertiary/aromatic N) is 1. The molecule has 0 aliphatic rings. The smallest absolute Gasteiger partial charge is 0.407 e. The Morgan fingerprint density at radius 2 is 1.88 bits per heavy atom. The molecular formula is C22H26N4O8. The van der Waals surface area contributed by atoms with Gasteiger partial charge in [-0.05, 0) is 11.6 Å². The van der Waals surface area contributed by atoms with Crippen molar-refractivity contribution in [2.75, 3.05) is 13.7 Å². The topological polar surface area (TPSA) is 183 Å². The molecule has 0 saturated carbocycles. The van der Waals surface area contributed by atoms with E-state index in [9.17, 15) is 29.6 Å². The number of nitrogens with one attached hydrogen (secondary N) is 2. The van der Waals surface area contributed by atoms with Gasteiger partial charge >= 0.3 is 6.09 Å². The zero-order valence-corrected chi connectivity index (χ0v) is 18.4. The fourth-order valence-electron chi connectivity index (χ4n) is 3.00. The second-order valence-electron chi connectivity index (χ2n) is 7.28. The van der Waals surface area contributed by atoms with Crippen LogP contribution in [0.25, 0.3) is 0 Å². The fraction of sp³-hybridized carbons (Fsp3) is 0.318. The number of rotatable bonds is 12. The second kappa shape index (κ2) is 12.7. The summed E-state index contributed by atoms with van der Waals surface area (Å²) in [5.74, 6) is -1.30. The molecule has 0 bridgehead atoms. The summed E-state index contributed by atoms with van der Waals surface area (Å²) in [7, 11) is 1.36. The van der Waals surface area contributed by atoms with Crippen molar-refractivity contribution in [2.24, 2.45) is 5.73 Å². The number of aliphatic hydroxyl groups excluding tert-OH is 1. The molecule has 3 amide bonds. The number of carbonyl (C=O) groups excluding carboxylic acids is 3. The van der Waals surface area contributed by atoms with Crippen molar-refractivity contribution in [1.82, 2.24) is 10.6 Å². The van der Waals surface area contributed by atoms with E-state index in [0.717, 1.165) is 5.56 Å². The first-order chi connectivity index (χ1) is 16.2. The van der Waals surface area contributed by atoms with Crippen LogP contribution in [0, 0.1) is 10.1 Å². The number of amides is 3. The van der Waals surface area contributed by atoms with Crippen LogP contribution in [-0.2, 0) is 27.4 Å². The standard InChI is InChI=1S/C22H26N4O8/c1-33-19-8-7-16(26(31)32)9-15(19)10-18(21(23)29)25-20(28)11-17(27)12-24-22(30)34-13-14-5-3-2-4-6-14/h2-9,17-18,27H,10-13H2,1H3,(H2,23,29)(H,24,30)(H,25,28)/t17-,18+/m0/s1. The Bertz CT molecular complexity index is 1020. The molecule has 0 saturated heterocycles. The molecule has 2 aromatic rings. The number of hydrogen-bond acceptors (Lipinski definition) is 8. The first-order valence-electron chi connectivity index (χ1n) is 10.2. The molecule has 0 fully saturated rings. The van der Waals surface area contributed by atoms with E-state index in [4.69, 9.17) is 15.2 Å². The largest absolute Gasteiger partial charge is 0.496 e. The highest BCUT2D eigenvalue weighted by Gasteiger charge is 2.23. The van der Waals surface area contributed by atoms with E-state index < -0.39 is 41.4 Å². The first-order valence-corrected chi connectivity index (χ1v) is 10.2. The molecule has 12 heteroatoms. The molecule has 0 aliphatic carbocycles. The fourth-order valence-corrected chi connectivity index (χ4v) is 3.00. The zero-order valence-electron chi connectivity index (χ0n) is 18.4. The van der Waals surface area contributed by atoms with Crippen LogP contribution in [-0.4, -0.2) is 53.7 Å². The predicted molar refractivity (Wildman–Crippen MR) is 120 cm³/mol. The van der Waals surface area contributed by atoms with Gasteiger partial charge in [0.05, 0.1) is 24.6 Å². The van der Waals surface area contributed by atoms with E-state index in [0.29, 0.717) is 5.56 Å². The molecule has 0 aliphatic heterocycles. The van der Waals surface area contributed by atoms with Gasteiger partial charge in [0.1, 0.15) is 18.4 Å². The number of primary amides is 1. The monoisotopic (exact) mass is 474 g/mol. The van der Waals surface area contributed by atoms with Crippen LogP contribution < -0.4 is 21.1 Å². The highest BCUT2D eigenvalue weighted by molar-refractivity contribution is 5.87. The summed E-state index contributed by atoms with van der Waals surface area (Å²) in [5.41, 5.74) is 6.23. The summed E-state index contributed by atoms with van der Waals surface area (Å²) < 4.78 is 10.2. The average molecular weight is 474 g/mol. The van der Waals surface area contributed by atoms with Gasteiger partial charge in [-0.15, -0.1) is 0 Å². The lowest BCUT2D eigenvalue weighted by atomic mass is 10.0. The molecule has 2 rings (SSSR count). The molecule has 0 heterocycles. The van der Waals surface area contributed by atoms with Gasteiger partial charge in [-0.3, -0.25) is 19.7 Å². The van der Waals surface area contributed by atoms with Gasteiger partial charge in [0, 0.05) is 30.7 Å². The van der Waals surface area contributed by atoms with E-state index in [-0.39, 0.29) is 31.0 Å². The highest BCUT2D eigenvalue weighted by atomic mass is 16.6. The van der Waals surface area contributed by atoms with Gasteiger partial charge < -0.3 is 30.9 Å². The lowest BCUT2D eigenvalue weighted by Crippen LogP contribution is -2.47. The van der Waals surface area contributed by atoms with Crippen molar-refractivity contribution in [3.05, 3.63) is 69.8 Å². The minimum atomic E-state index is -1.26. The molecule has 0 radical (unpaired) electrons. The van der Waals surface area contributed by atoms with E-state index >= 15 is 0 Å². The first kappa shape index (κ1) is 26.1. The maximum absolute atomic E-state index is 12.3. The van der Waals surface area contributed by atoms with E-state index in [1.807, 2.05) is 6.07 Å². The number of non-ortho nitro benzene ring substituents is 1. The van der Waals surface area contributed by atoms with Gasteiger partial charge in [-0.2, -0.15) is 0 Å². The van der Waals surface area contributed by atoms with Gasteiger partial charge in [-0.1, -0.05) is 30.3 Å². The summed E-state index contributed by atoms with van der Waals surface area (Å²) in [6, 6.07) is 11.6. The minimum Gasteiger partial charge on any atom is -0.496 e. The predicted octanol–water partition coefficient (Wildman–Crippen LogP) is 0.793. The van der Waals surface area contributed by atoms with Gasteiger partial charge in [-0.25, -0.2) is 4.79 Å². The number of nitrogens with two attached hydrogens (primary N) is 1. The molecule has 2 aromatic carbocycles. The number of nitro groups is 1. The molecule has 12 nitrogen and oxygen atoms in total. The molecule has 0 unspecified atom stereocenters. The van der Waals surface area contributed by atoms with E-state index in [1.165, 1.54) is 25.3 Å². The maximum atomic E-state index is 12.3. The second-order valence-corrected chi connectivity index (χ2v) is 7.28. The molecule has 0 spiro atoms. The third-order valence-corrected chi connectivity index (χ3v) is 4.69. The Labute approximate surface area is 195 Å². The zero-order chi connectivity index (χ0) is 25.1. The lowest BCUT2D eigenvalue weighted by Gasteiger charge is -2.18. The van der Waals surface area contributed by atoms with Crippen molar-refractivity contribution in [1.29, 1.82) is 0 Å². The van der Waals surface area contributed by atoms with Gasteiger partial charge in [0.2, 0.25) is 11.8 Å². The van der Waals surface area contributed by atoms with Crippen molar-refractivity contribution >= 4 is 23.6 Å². The van der Waals surface area contributed by atoms with Crippen LogP contribution in [0.3, 0.4) is 0 Å². The van der Waals surface area contributed by atoms with Crippen LogP contribution in [0.2, 0.25) is 0 Å². The molecule has 5 N–H and O–H groups in total. The summed E-state index contributed by atoms with van der Waals surface area (Å²) in [6.07, 6.45) is -2.62. The van der Waals surface area contributed by atoms with Crippen LogP contribution >= 0.6 is 0 Å². The SMILES string of the molecule is COc1ccc([N+](=O)[O-])cc1C[C@@H](NC(=O)C[C@H](O)CNC(=O)OCc1ccccc1)C(N)=O. The molecule has 34 heavy (non-hydrogen) atoms. The lowest BCUT2D eigenvalue weighted by molar-refractivity contribution is -0.384. The molecular weight excluding hydrogens is 448 g/mol. The normalized spacial score (nSPS) is 12.2. The number of hydrogen-bond donors (Lipinski definition) is 4. The van der Waals surface area contributed by atoms with E-state index in [1.54, 1.807) is 24.3 Å². The Kier molecular flexibility index (Phi) is 9.77. The van der Waals surface area contributed by atoms with Crippen molar-refractivity contribution in [2.45, 2.75) is 31.6 Å². The molecule has 2 atom stereocenters. The third-order valence-electron chi connectivity index (χ3n) is 4.69. The summed E-state index contributed by atoms with van der Waals surface area (Å²) >= 11 is 0. The number of carbonyl (C=O) groups is 3. The van der Waals surface area contributed by atoms with Crippen molar-refractivity contribution in [3.8, 4) is 5.75 Å². The quantitative estimate of drug-likeness (QED) is 0.257. The highest BCUT2D eigenvalue weighted by Crippen LogP contribution is 2.25. The molecule has 182 valence electrons. The summed E-state index contributed by atoms with van der Waals surface area (Å²) in [6.45, 7) is -0.217. The number of alkyl carbamates (subject to hydrolysis) is 1. The number of benzene rings is 2. The number of aliphatic hydroxyl groups is 1. The Morgan fingerprint density at radius 3 is 2.50 bits per heavy atom. The summed E-state index contributed by atoms with van der Waals surface area (Å²) in [5, 5.41) is 25.8. The van der Waals surface area contributed by atoms with Crippen LogP contribution in [0.1, 0.15) is 17.5 Å². The van der Waals surface area contributed by atoms with Gasteiger partial charge in [0.15, 0.2) is 0 Å². The van der Waals surface area contributed by atoms with Crippen LogP contribution in [0.4, 0.5) is 10.5 Å². The van der Waals surface area contributed by atoms with E-state index in [2.05, 4.69) is 10.6 Å². The Morgan fingerprint density at radius 1 is 1.18 bits per heavy atom. The Balaban J connectivity index is 1.86. The molecule has 0 aromatic heterocycles. The van der Waals surface area contributed by atoms with Crippen molar-refractivity contribution < 1.29 is 33.9 Å². The number of ether oxygens (including phenoxy) is 2. The maximum Gasteiger partial charge on any atom is 0.407 e. The third kappa shape index (κ3) is 8.39. The Hall–Kier alpha value is -4.19. The minimum absolute atomic E-state index is 0.0463. The number of nitro benzene ring substituents is 1. The number of methoxy groups -OCH3 is 1. The average Bonchev–Trinajstić information content (AvgIpc) is 2.81. The van der Waals surface area contributed by atoms with Crippen molar-refractivity contribution in [3.63, 3.8) is 0 Å². The van der Waals surface area contributed by atoms with Crippen LogP contribution in [0.15, 0.2) is 48.5 Å². The van der Waals surface area contributed by atoms with Gasteiger partial charge in [0.25, 0.3) is 5.69 Å².